The molecule has 0 unspecified atom stereocenters. The quantitative estimate of drug-likeness (QED) is 0.892. The first-order chi connectivity index (χ1) is 8.58. The molecule has 0 spiro atoms. The molecular formula is C13H16BrNO3. The van der Waals surface area contributed by atoms with Crippen molar-refractivity contribution in [3.05, 3.63) is 28.2 Å². The highest BCUT2D eigenvalue weighted by Gasteiger charge is 2.32. The highest BCUT2D eigenvalue weighted by molar-refractivity contribution is 9.10. The molecule has 5 heteroatoms. The van der Waals surface area contributed by atoms with E-state index in [1.807, 2.05) is 18.2 Å². The van der Waals surface area contributed by atoms with Crippen molar-refractivity contribution in [3.63, 3.8) is 0 Å². The van der Waals surface area contributed by atoms with Crippen LogP contribution in [-0.4, -0.2) is 24.2 Å². The first-order valence-electron chi connectivity index (χ1n) is 5.87. The lowest BCUT2D eigenvalue weighted by atomic mass is 9.82. The third-order valence-electron chi connectivity index (χ3n) is 3.12. The zero-order valence-corrected chi connectivity index (χ0v) is 11.7. The van der Waals surface area contributed by atoms with Crippen molar-refractivity contribution < 1.29 is 14.6 Å². The number of rotatable bonds is 4. The Balaban J connectivity index is 1.89. The van der Waals surface area contributed by atoms with Crippen molar-refractivity contribution in [2.75, 3.05) is 7.11 Å². The van der Waals surface area contributed by atoms with E-state index in [2.05, 4.69) is 21.2 Å². The summed E-state index contributed by atoms with van der Waals surface area (Å²) in [5.41, 5.74) is 0.981. The van der Waals surface area contributed by atoms with Crippen molar-refractivity contribution in [2.24, 2.45) is 5.92 Å². The number of aliphatic hydroxyl groups excluding tert-OH is 1. The van der Waals surface area contributed by atoms with Crippen LogP contribution in [0.25, 0.3) is 0 Å². The second kappa shape index (κ2) is 5.71. The van der Waals surface area contributed by atoms with Crippen LogP contribution in [0.4, 0.5) is 0 Å². The molecule has 2 N–H and O–H groups in total. The average molecular weight is 314 g/mol. The molecule has 4 nitrogen and oxygen atoms in total. The molecule has 0 atom stereocenters. The number of amides is 1. The van der Waals surface area contributed by atoms with Crippen LogP contribution >= 0.6 is 15.9 Å². The van der Waals surface area contributed by atoms with Gasteiger partial charge in [0.15, 0.2) is 0 Å². The third kappa shape index (κ3) is 3.23. The SMILES string of the molecule is COc1cc(Br)cc(CNC(=O)C2CC(O)C2)c1. The lowest BCUT2D eigenvalue weighted by Crippen LogP contribution is -2.40. The van der Waals surface area contributed by atoms with E-state index in [1.165, 1.54) is 0 Å². The average Bonchev–Trinajstić information content (AvgIpc) is 2.31. The van der Waals surface area contributed by atoms with Gasteiger partial charge in [-0.3, -0.25) is 4.79 Å². The number of carbonyl (C=O) groups excluding carboxylic acids is 1. The van der Waals surface area contributed by atoms with E-state index in [-0.39, 0.29) is 17.9 Å². The summed E-state index contributed by atoms with van der Waals surface area (Å²) in [5.74, 6) is 0.737. The Morgan fingerprint density at radius 2 is 2.22 bits per heavy atom. The first kappa shape index (κ1) is 13.4. The van der Waals surface area contributed by atoms with E-state index in [0.29, 0.717) is 19.4 Å². The van der Waals surface area contributed by atoms with Gasteiger partial charge in [0.05, 0.1) is 13.2 Å². The van der Waals surface area contributed by atoms with Crippen LogP contribution in [0, 0.1) is 5.92 Å². The summed E-state index contributed by atoms with van der Waals surface area (Å²) in [6, 6.07) is 5.70. The lowest BCUT2D eigenvalue weighted by Gasteiger charge is -2.30. The normalized spacial score (nSPS) is 22.2. The lowest BCUT2D eigenvalue weighted by molar-refractivity contribution is -0.131. The summed E-state index contributed by atoms with van der Waals surface area (Å²) in [6.45, 7) is 0.473. The summed E-state index contributed by atoms with van der Waals surface area (Å²) >= 11 is 3.40. The molecule has 1 aliphatic carbocycles. The maximum atomic E-state index is 11.7. The first-order valence-corrected chi connectivity index (χ1v) is 6.67. The van der Waals surface area contributed by atoms with Gasteiger partial charge < -0.3 is 15.2 Å². The number of methoxy groups -OCH3 is 1. The molecule has 1 amide bonds. The van der Waals surface area contributed by atoms with Crippen molar-refractivity contribution >= 4 is 21.8 Å². The Labute approximate surface area is 114 Å². The predicted octanol–water partition coefficient (Wildman–Crippen LogP) is 1.84. The standard InChI is InChI=1S/C13H16BrNO3/c1-18-12-3-8(2-10(14)6-12)7-15-13(17)9-4-11(16)5-9/h2-3,6,9,11,16H,4-5,7H2,1H3,(H,15,17). The fourth-order valence-electron chi connectivity index (χ4n) is 1.98. The minimum Gasteiger partial charge on any atom is -0.497 e. The molecule has 0 aromatic heterocycles. The molecule has 1 aliphatic rings. The van der Waals surface area contributed by atoms with Gasteiger partial charge in [0.1, 0.15) is 5.75 Å². The van der Waals surface area contributed by atoms with Crippen LogP contribution in [-0.2, 0) is 11.3 Å². The zero-order valence-electron chi connectivity index (χ0n) is 10.1. The Morgan fingerprint density at radius 3 is 2.83 bits per heavy atom. The topological polar surface area (TPSA) is 58.6 Å². The van der Waals surface area contributed by atoms with Gasteiger partial charge in [0.25, 0.3) is 0 Å². The minimum atomic E-state index is -0.299. The summed E-state index contributed by atoms with van der Waals surface area (Å²) in [6.07, 6.45) is 0.855. The van der Waals surface area contributed by atoms with Crippen LogP contribution in [0.5, 0.6) is 5.75 Å². The van der Waals surface area contributed by atoms with E-state index in [0.717, 1.165) is 15.8 Å². The summed E-state index contributed by atoms with van der Waals surface area (Å²) < 4.78 is 6.08. The fraction of sp³-hybridized carbons (Fsp3) is 0.462. The molecular weight excluding hydrogens is 298 g/mol. The van der Waals surface area contributed by atoms with Crippen molar-refractivity contribution in [1.29, 1.82) is 0 Å². The maximum Gasteiger partial charge on any atom is 0.223 e. The largest absolute Gasteiger partial charge is 0.497 e. The minimum absolute atomic E-state index is 0.0132. The number of ether oxygens (including phenoxy) is 1. The predicted molar refractivity (Wildman–Crippen MR) is 71.3 cm³/mol. The molecule has 2 rings (SSSR count). The Morgan fingerprint density at radius 1 is 1.50 bits per heavy atom. The second-order valence-electron chi connectivity index (χ2n) is 4.54. The van der Waals surface area contributed by atoms with Gasteiger partial charge in [0, 0.05) is 16.9 Å². The van der Waals surface area contributed by atoms with Gasteiger partial charge in [-0.1, -0.05) is 15.9 Å². The zero-order chi connectivity index (χ0) is 13.1. The number of benzene rings is 1. The van der Waals surface area contributed by atoms with E-state index in [4.69, 9.17) is 9.84 Å². The summed E-state index contributed by atoms with van der Waals surface area (Å²) in [5, 5.41) is 12.0. The second-order valence-corrected chi connectivity index (χ2v) is 5.45. The smallest absolute Gasteiger partial charge is 0.223 e. The Bertz CT molecular complexity index is 444. The van der Waals surface area contributed by atoms with Gasteiger partial charge in [-0.25, -0.2) is 0 Å². The van der Waals surface area contributed by atoms with Crippen LogP contribution in [0.3, 0.4) is 0 Å². The number of carbonyl (C=O) groups is 1. The summed E-state index contributed by atoms with van der Waals surface area (Å²) in [4.78, 5) is 11.7. The highest BCUT2D eigenvalue weighted by atomic mass is 79.9. The van der Waals surface area contributed by atoms with Crippen molar-refractivity contribution in [2.45, 2.75) is 25.5 Å². The van der Waals surface area contributed by atoms with Crippen LogP contribution in [0.1, 0.15) is 18.4 Å². The Hall–Kier alpha value is -1.07. The number of aliphatic hydroxyl groups is 1. The Kier molecular flexibility index (Phi) is 4.24. The van der Waals surface area contributed by atoms with E-state index in [1.54, 1.807) is 7.11 Å². The highest BCUT2D eigenvalue weighted by Crippen LogP contribution is 2.27. The fourth-order valence-corrected chi connectivity index (χ4v) is 2.50. The van der Waals surface area contributed by atoms with Crippen LogP contribution in [0.2, 0.25) is 0 Å². The number of hydrogen-bond acceptors (Lipinski definition) is 3. The molecule has 1 fully saturated rings. The molecule has 0 aliphatic heterocycles. The monoisotopic (exact) mass is 313 g/mol. The van der Waals surface area contributed by atoms with Gasteiger partial charge in [0.2, 0.25) is 5.91 Å². The van der Waals surface area contributed by atoms with Crippen molar-refractivity contribution in [1.82, 2.24) is 5.32 Å². The van der Waals surface area contributed by atoms with E-state index < -0.39 is 0 Å². The third-order valence-corrected chi connectivity index (χ3v) is 3.58. The molecule has 0 saturated heterocycles. The van der Waals surface area contributed by atoms with Crippen molar-refractivity contribution in [3.8, 4) is 5.75 Å². The van der Waals surface area contributed by atoms with Gasteiger partial charge in [-0.15, -0.1) is 0 Å². The van der Waals surface area contributed by atoms with Gasteiger partial charge in [-0.05, 0) is 36.6 Å². The molecule has 1 saturated carbocycles. The number of halogens is 1. The molecule has 18 heavy (non-hydrogen) atoms. The molecule has 0 radical (unpaired) electrons. The maximum absolute atomic E-state index is 11.7. The molecule has 0 heterocycles. The van der Waals surface area contributed by atoms with E-state index >= 15 is 0 Å². The summed E-state index contributed by atoms with van der Waals surface area (Å²) in [7, 11) is 1.61. The van der Waals surface area contributed by atoms with Gasteiger partial charge >= 0.3 is 0 Å². The van der Waals surface area contributed by atoms with Gasteiger partial charge in [-0.2, -0.15) is 0 Å². The van der Waals surface area contributed by atoms with Crippen LogP contribution in [0.15, 0.2) is 22.7 Å². The molecule has 1 aromatic carbocycles. The molecule has 98 valence electrons. The van der Waals surface area contributed by atoms with Crippen LogP contribution < -0.4 is 10.1 Å². The number of hydrogen-bond donors (Lipinski definition) is 2. The molecule has 1 aromatic rings. The van der Waals surface area contributed by atoms with E-state index in [9.17, 15) is 4.79 Å². The molecule has 0 bridgehead atoms. The number of nitrogens with one attached hydrogen (secondary N) is 1.